The first-order valence-corrected chi connectivity index (χ1v) is 8.39. The number of nitrogens with zero attached hydrogens (tertiary/aromatic N) is 2. The van der Waals surface area contributed by atoms with Crippen molar-refractivity contribution < 1.29 is 9.59 Å². The van der Waals surface area contributed by atoms with Crippen LogP contribution < -0.4 is 4.90 Å². The van der Waals surface area contributed by atoms with E-state index in [1.807, 2.05) is 49.3 Å². The lowest BCUT2D eigenvalue weighted by atomic mass is 9.94. The van der Waals surface area contributed by atoms with Crippen LogP contribution in [0.15, 0.2) is 29.8 Å². The lowest BCUT2D eigenvalue weighted by Gasteiger charge is -2.30. The molecule has 2 aliphatic rings. The lowest BCUT2D eigenvalue weighted by Crippen LogP contribution is -2.38. The molecule has 1 aliphatic heterocycles. The minimum atomic E-state index is -0.327. The van der Waals surface area contributed by atoms with Crippen LogP contribution in [0.1, 0.15) is 37.7 Å². The summed E-state index contributed by atoms with van der Waals surface area (Å²) in [5.74, 6) is -0.639. The van der Waals surface area contributed by atoms with E-state index in [2.05, 4.69) is 0 Å². The van der Waals surface area contributed by atoms with E-state index in [0.717, 1.165) is 36.9 Å². The number of amides is 1. The fraction of sp³-hybridized carbons (Fsp3) is 0.474. The van der Waals surface area contributed by atoms with E-state index in [0.29, 0.717) is 12.1 Å². The van der Waals surface area contributed by atoms with Crippen molar-refractivity contribution in [2.24, 2.45) is 0 Å². The zero-order valence-corrected chi connectivity index (χ0v) is 13.9. The van der Waals surface area contributed by atoms with Gasteiger partial charge in [-0.05, 0) is 36.6 Å². The first-order valence-electron chi connectivity index (χ1n) is 8.39. The summed E-state index contributed by atoms with van der Waals surface area (Å²) in [5, 5.41) is 0. The second-order valence-corrected chi connectivity index (χ2v) is 6.71. The molecule has 1 saturated heterocycles. The maximum absolute atomic E-state index is 12.3. The third kappa shape index (κ3) is 3.31. The molecule has 23 heavy (non-hydrogen) atoms. The number of hydrogen-bond acceptors (Lipinski definition) is 3. The average Bonchev–Trinajstić information content (AvgIpc) is 2.85. The molecular weight excluding hydrogens is 288 g/mol. The molecule has 1 aromatic carbocycles. The smallest absolute Gasteiger partial charge is 0.295 e. The van der Waals surface area contributed by atoms with Gasteiger partial charge >= 0.3 is 0 Å². The Morgan fingerprint density at radius 1 is 1.04 bits per heavy atom. The molecule has 4 heteroatoms. The van der Waals surface area contributed by atoms with E-state index in [-0.39, 0.29) is 17.7 Å². The molecule has 4 nitrogen and oxygen atoms in total. The Hall–Kier alpha value is -2.10. The van der Waals surface area contributed by atoms with Crippen molar-refractivity contribution in [1.29, 1.82) is 0 Å². The van der Waals surface area contributed by atoms with Gasteiger partial charge in [-0.2, -0.15) is 0 Å². The second-order valence-electron chi connectivity index (χ2n) is 6.71. The van der Waals surface area contributed by atoms with Crippen molar-refractivity contribution in [3.8, 4) is 0 Å². The first kappa shape index (κ1) is 15.8. The van der Waals surface area contributed by atoms with Crippen LogP contribution in [-0.2, 0) is 9.59 Å². The van der Waals surface area contributed by atoms with Crippen LogP contribution in [0.2, 0.25) is 0 Å². The summed E-state index contributed by atoms with van der Waals surface area (Å²) in [5.41, 5.74) is 2.71. The highest BCUT2D eigenvalue weighted by Crippen LogP contribution is 2.28. The van der Waals surface area contributed by atoms with E-state index in [4.69, 9.17) is 0 Å². The van der Waals surface area contributed by atoms with Gasteiger partial charge in [0.15, 0.2) is 0 Å². The molecular formula is C19H24N2O2. The molecule has 0 radical (unpaired) electrons. The Bertz CT molecular complexity index is 625. The summed E-state index contributed by atoms with van der Waals surface area (Å²) in [4.78, 5) is 28.4. The Balaban J connectivity index is 1.77. The van der Waals surface area contributed by atoms with Crippen molar-refractivity contribution in [3.05, 3.63) is 35.4 Å². The normalized spacial score (nSPS) is 21.3. The maximum Gasteiger partial charge on any atom is 0.295 e. The minimum Gasteiger partial charge on any atom is -0.378 e. The third-order valence-electron chi connectivity index (χ3n) is 4.85. The Morgan fingerprint density at radius 2 is 1.70 bits per heavy atom. The number of carbonyl (C=O) groups is 2. The molecule has 0 N–H and O–H groups in total. The van der Waals surface area contributed by atoms with Crippen LogP contribution >= 0.6 is 0 Å². The van der Waals surface area contributed by atoms with Gasteiger partial charge in [-0.15, -0.1) is 0 Å². The van der Waals surface area contributed by atoms with E-state index in [1.165, 1.54) is 6.42 Å². The van der Waals surface area contributed by atoms with Crippen molar-refractivity contribution >= 4 is 23.5 Å². The zero-order valence-electron chi connectivity index (χ0n) is 13.9. The molecule has 3 rings (SSSR count). The van der Waals surface area contributed by atoms with Crippen LogP contribution in [0.4, 0.5) is 5.69 Å². The van der Waals surface area contributed by atoms with Crippen LogP contribution in [0, 0.1) is 0 Å². The highest BCUT2D eigenvalue weighted by molar-refractivity contribution is 6.46. The number of anilines is 1. The topological polar surface area (TPSA) is 40.6 Å². The van der Waals surface area contributed by atoms with Gasteiger partial charge in [0.2, 0.25) is 5.78 Å². The summed E-state index contributed by atoms with van der Waals surface area (Å²) in [7, 11) is 3.99. The summed E-state index contributed by atoms with van der Waals surface area (Å²) < 4.78 is 0. The minimum absolute atomic E-state index is 0.252. The van der Waals surface area contributed by atoms with Gasteiger partial charge in [-0.25, -0.2) is 0 Å². The van der Waals surface area contributed by atoms with Crippen molar-refractivity contribution in [3.63, 3.8) is 0 Å². The van der Waals surface area contributed by atoms with Gasteiger partial charge in [0.05, 0.1) is 6.54 Å². The molecule has 122 valence electrons. The quantitative estimate of drug-likeness (QED) is 0.636. The Morgan fingerprint density at radius 3 is 2.30 bits per heavy atom. The number of likely N-dealkylation sites (tertiary alicyclic amines) is 1. The van der Waals surface area contributed by atoms with Crippen molar-refractivity contribution in [1.82, 2.24) is 4.90 Å². The summed E-state index contributed by atoms with van der Waals surface area (Å²) >= 11 is 0. The number of benzene rings is 1. The molecule has 2 fully saturated rings. The van der Waals surface area contributed by atoms with Gasteiger partial charge in [-0.1, -0.05) is 31.4 Å². The number of ketones is 1. The molecule has 0 atom stereocenters. The van der Waals surface area contributed by atoms with Crippen molar-refractivity contribution in [2.45, 2.75) is 38.1 Å². The van der Waals surface area contributed by atoms with Gasteiger partial charge < -0.3 is 9.80 Å². The van der Waals surface area contributed by atoms with E-state index in [1.54, 1.807) is 4.90 Å². The predicted octanol–water partition coefficient (Wildman–Crippen LogP) is 2.88. The van der Waals surface area contributed by atoms with E-state index in [9.17, 15) is 9.59 Å². The van der Waals surface area contributed by atoms with Gasteiger partial charge in [0.25, 0.3) is 5.91 Å². The fourth-order valence-electron chi connectivity index (χ4n) is 3.46. The highest BCUT2D eigenvalue weighted by Gasteiger charge is 2.38. The van der Waals surface area contributed by atoms with E-state index >= 15 is 0 Å². The second kappa shape index (κ2) is 6.57. The van der Waals surface area contributed by atoms with Gasteiger partial charge in [0, 0.05) is 31.4 Å². The van der Waals surface area contributed by atoms with Gasteiger partial charge in [-0.3, -0.25) is 9.59 Å². The SMILES string of the molecule is CN(C)c1ccc(/C=C2\CN(C3CCCCC3)C(=O)C2=O)cc1. The summed E-state index contributed by atoms with van der Waals surface area (Å²) in [6.45, 7) is 0.470. The van der Waals surface area contributed by atoms with Crippen LogP contribution in [0.3, 0.4) is 0 Å². The van der Waals surface area contributed by atoms with Crippen LogP contribution in [0.5, 0.6) is 0 Å². The van der Waals surface area contributed by atoms with Gasteiger partial charge in [0.1, 0.15) is 0 Å². The molecule has 0 aromatic heterocycles. The number of Topliss-reactive ketones (excluding diaryl/α,β-unsaturated/α-hetero) is 1. The molecule has 0 unspecified atom stereocenters. The first-order chi connectivity index (χ1) is 11.1. The maximum atomic E-state index is 12.3. The van der Waals surface area contributed by atoms with E-state index < -0.39 is 0 Å². The standard InChI is InChI=1S/C19H24N2O2/c1-20(2)16-10-8-14(9-11-16)12-15-13-21(19(23)18(15)22)17-6-4-3-5-7-17/h8-12,17H,3-7,13H2,1-2H3/b15-12+. The molecule has 1 saturated carbocycles. The van der Waals surface area contributed by atoms with Crippen molar-refractivity contribution in [2.75, 3.05) is 25.5 Å². The lowest BCUT2D eigenvalue weighted by molar-refractivity contribution is -0.140. The molecule has 1 heterocycles. The Labute approximate surface area is 137 Å². The fourth-order valence-corrected chi connectivity index (χ4v) is 3.46. The molecule has 1 aliphatic carbocycles. The largest absolute Gasteiger partial charge is 0.378 e. The zero-order chi connectivity index (χ0) is 16.4. The Kier molecular flexibility index (Phi) is 4.51. The molecule has 1 amide bonds. The molecule has 1 aromatic rings. The summed E-state index contributed by atoms with van der Waals surface area (Å²) in [6.07, 6.45) is 7.49. The number of rotatable bonds is 3. The highest BCUT2D eigenvalue weighted by atomic mass is 16.2. The predicted molar refractivity (Wildman–Crippen MR) is 92.3 cm³/mol. The molecule has 0 bridgehead atoms. The number of hydrogen-bond donors (Lipinski definition) is 0. The van der Waals surface area contributed by atoms with Crippen LogP contribution in [0.25, 0.3) is 6.08 Å². The molecule has 0 spiro atoms. The van der Waals surface area contributed by atoms with Crippen LogP contribution in [-0.4, -0.2) is 43.3 Å². The summed E-state index contributed by atoms with van der Waals surface area (Å²) in [6, 6.07) is 8.27. The monoisotopic (exact) mass is 312 g/mol. The third-order valence-corrected chi connectivity index (χ3v) is 4.85. The average molecular weight is 312 g/mol. The number of carbonyl (C=O) groups excluding carboxylic acids is 2.